The van der Waals surface area contributed by atoms with E-state index in [0.717, 1.165) is 5.39 Å². The summed E-state index contributed by atoms with van der Waals surface area (Å²) in [5, 5.41) is 20.9. The van der Waals surface area contributed by atoms with E-state index in [4.69, 9.17) is 16.0 Å². The summed E-state index contributed by atoms with van der Waals surface area (Å²) in [6.07, 6.45) is 0. The smallest absolute Gasteiger partial charge is 0.296 e. The zero-order valence-corrected chi connectivity index (χ0v) is 17.6. The summed E-state index contributed by atoms with van der Waals surface area (Å²) in [5.74, 6) is -1.91. The average Bonchev–Trinajstić information content (AvgIpc) is 3.45. The molecule has 2 aromatic heterocycles. The van der Waals surface area contributed by atoms with Crippen molar-refractivity contribution in [2.45, 2.75) is 13.0 Å². The standard InChI is InChI=1S/C22H14ClN3O4S/c1-11-24-25-22(31-11)26-18(12-6-8-14(23)9-7-12)17(20(28)21(26)29)19(27)16-10-13-4-2-3-5-15(13)30-16/h2-10,18,28H,1H3. The molecule has 0 aliphatic carbocycles. The molecule has 0 fully saturated rings. The monoisotopic (exact) mass is 451 g/mol. The third kappa shape index (κ3) is 3.20. The Hall–Kier alpha value is -3.49. The third-order valence-corrected chi connectivity index (χ3v) is 6.10. The van der Waals surface area contributed by atoms with Crippen molar-refractivity contribution in [3.05, 3.63) is 87.3 Å². The van der Waals surface area contributed by atoms with Gasteiger partial charge in [0.15, 0.2) is 11.5 Å². The zero-order chi connectivity index (χ0) is 21.7. The van der Waals surface area contributed by atoms with E-state index in [1.165, 1.54) is 16.2 Å². The zero-order valence-electron chi connectivity index (χ0n) is 16.1. The molecule has 1 aliphatic heterocycles. The fourth-order valence-electron chi connectivity index (χ4n) is 3.60. The van der Waals surface area contributed by atoms with Gasteiger partial charge in [0.25, 0.3) is 5.91 Å². The van der Waals surface area contributed by atoms with E-state index < -0.39 is 23.5 Å². The number of aromatic nitrogens is 2. The Morgan fingerprint density at radius 1 is 1.16 bits per heavy atom. The maximum atomic E-state index is 13.5. The molecule has 7 nitrogen and oxygen atoms in total. The molecule has 2 aromatic carbocycles. The Morgan fingerprint density at radius 3 is 2.58 bits per heavy atom. The maximum Gasteiger partial charge on any atom is 0.296 e. The Bertz CT molecular complexity index is 1340. The summed E-state index contributed by atoms with van der Waals surface area (Å²) in [5.41, 5.74) is 1.04. The number of rotatable bonds is 4. The van der Waals surface area contributed by atoms with Crippen LogP contribution in [0.2, 0.25) is 5.02 Å². The van der Waals surface area contributed by atoms with E-state index in [9.17, 15) is 14.7 Å². The van der Waals surface area contributed by atoms with Crippen LogP contribution in [-0.2, 0) is 4.79 Å². The van der Waals surface area contributed by atoms with Crippen LogP contribution in [-0.4, -0.2) is 27.0 Å². The molecule has 0 saturated heterocycles. The number of benzene rings is 2. The Kier molecular flexibility index (Phi) is 4.60. The lowest BCUT2D eigenvalue weighted by Gasteiger charge is -2.23. The highest BCUT2D eigenvalue weighted by Gasteiger charge is 2.46. The van der Waals surface area contributed by atoms with Crippen LogP contribution >= 0.6 is 22.9 Å². The normalized spacial score (nSPS) is 16.5. The van der Waals surface area contributed by atoms with E-state index >= 15 is 0 Å². The first-order chi connectivity index (χ1) is 14.9. The van der Waals surface area contributed by atoms with Gasteiger partial charge in [-0.15, -0.1) is 10.2 Å². The molecule has 0 bridgehead atoms. The minimum atomic E-state index is -0.905. The second kappa shape index (κ2) is 7.33. The number of hydrogen-bond acceptors (Lipinski definition) is 7. The summed E-state index contributed by atoms with van der Waals surface area (Å²) in [4.78, 5) is 27.8. The first-order valence-corrected chi connectivity index (χ1v) is 10.5. The number of aliphatic hydroxyl groups excluding tert-OH is 1. The number of aliphatic hydroxyl groups is 1. The maximum absolute atomic E-state index is 13.5. The van der Waals surface area contributed by atoms with Gasteiger partial charge in [-0.2, -0.15) is 0 Å². The molecule has 1 amide bonds. The molecule has 0 radical (unpaired) electrons. The number of fused-ring (bicyclic) bond motifs is 1. The lowest BCUT2D eigenvalue weighted by Crippen LogP contribution is -2.31. The van der Waals surface area contributed by atoms with Crippen LogP contribution in [0.1, 0.15) is 27.2 Å². The van der Waals surface area contributed by atoms with Gasteiger partial charge in [-0.05, 0) is 36.8 Å². The van der Waals surface area contributed by atoms with Gasteiger partial charge in [-0.25, -0.2) is 0 Å². The van der Waals surface area contributed by atoms with Crippen molar-refractivity contribution in [3.63, 3.8) is 0 Å². The van der Waals surface area contributed by atoms with E-state index in [-0.39, 0.29) is 16.5 Å². The number of halogens is 1. The summed E-state index contributed by atoms with van der Waals surface area (Å²) in [6.45, 7) is 1.76. The third-order valence-electron chi connectivity index (χ3n) is 5.01. The van der Waals surface area contributed by atoms with Crippen LogP contribution in [0.3, 0.4) is 0 Å². The predicted octanol–water partition coefficient (Wildman–Crippen LogP) is 5.03. The molecule has 1 atom stereocenters. The van der Waals surface area contributed by atoms with Gasteiger partial charge in [0, 0.05) is 10.4 Å². The van der Waals surface area contributed by atoms with Gasteiger partial charge in [0.1, 0.15) is 10.6 Å². The number of carbonyl (C=O) groups is 2. The molecule has 154 valence electrons. The van der Waals surface area contributed by atoms with Crippen molar-refractivity contribution in [2.24, 2.45) is 0 Å². The van der Waals surface area contributed by atoms with Gasteiger partial charge in [-0.3, -0.25) is 14.5 Å². The topological polar surface area (TPSA) is 96.5 Å². The number of amides is 1. The van der Waals surface area contributed by atoms with E-state index in [0.29, 0.717) is 21.2 Å². The lowest BCUT2D eigenvalue weighted by molar-refractivity contribution is -0.117. The molecule has 5 rings (SSSR count). The number of Topliss-reactive ketones (excluding diaryl/α,β-unsaturated/α-hetero) is 1. The molecule has 0 spiro atoms. The van der Waals surface area contributed by atoms with Crippen molar-refractivity contribution in [2.75, 3.05) is 4.90 Å². The molecule has 1 aliphatic rings. The van der Waals surface area contributed by atoms with Crippen LogP contribution < -0.4 is 4.90 Å². The number of furan rings is 1. The molecule has 0 saturated carbocycles. The van der Waals surface area contributed by atoms with Crippen LogP contribution in [0.5, 0.6) is 0 Å². The Balaban J connectivity index is 1.66. The second-order valence-electron chi connectivity index (χ2n) is 6.97. The average molecular weight is 452 g/mol. The summed E-state index contributed by atoms with van der Waals surface area (Å²) < 4.78 is 5.70. The van der Waals surface area contributed by atoms with Crippen molar-refractivity contribution in [1.29, 1.82) is 0 Å². The van der Waals surface area contributed by atoms with Gasteiger partial charge in [0.2, 0.25) is 10.9 Å². The highest BCUT2D eigenvalue weighted by Crippen LogP contribution is 2.43. The molecule has 1 N–H and O–H groups in total. The number of para-hydroxylation sites is 1. The summed E-state index contributed by atoms with van der Waals surface area (Å²) in [6, 6.07) is 14.6. The van der Waals surface area contributed by atoms with E-state index in [2.05, 4.69) is 10.2 Å². The molecular formula is C22H14ClN3O4S. The Morgan fingerprint density at radius 2 is 1.90 bits per heavy atom. The van der Waals surface area contributed by atoms with Gasteiger partial charge in [0.05, 0.1) is 11.6 Å². The fraction of sp³-hybridized carbons (Fsp3) is 0.0909. The molecule has 3 heterocycles. The predicted molar refractivity (Wildman–Crippen MR) is 117 cm³/mol. The molecule has 4 aromatic rings. The van der Waals surface area contributed by atoms with Crippen LogP contribution in [0, 0.1) is 6.92 Å². The summed E-state index contributed by atoms with van der Waals surface area (Å²) in [7, 11) is 0. The van der Waals surface area contributed by atoms with Crippen LogP contribution in [0.15, 0.2) is 70.3 Å². The van der Waals surface area contributed by atoms with Crippen LogP contribution in [0.25, 0.3) is 11.0 Å². The van der Waals surface area contributed by atoms with Crippen molar-refractivity contribution < 1.29 is 19.1 Å². The number of carbonyl (C=O) groups excluding carboxylic acids is 2. The van der Waals surface area contributed by atoms with Crippen molar-refractivity contribution in [3.8, 4) is 0 Å². The van der Waals surface area contributed by atoms with E-state index in [1.807, 2.05) is 12.1 Å². The number of ketones is 1. The molecule has 9 heteroatoms. The Labute approximate surface area is 185 Å². The SMILES string of the molecule is Cc1nnc(N2C(=O)C(O)=C(C(=O)c3cc4ccccc4o3)C2c2ccc(Cl)cc2)s1. The van der Waals surface area contributed by atoms with Gasteiger partial charge in [-0.1, -0.05) is 53.3 Å². The number of hydrogen-bond donors (Lipinski definition) is 1. The minimum absolute atomic E-state index is 0.0322. The quantitative estimate of drug-likeness (QED) is 0.437. The number of aryl methyl sites for hydroxylation is 1. The molecular weight excluding hydrogens is 438 g/mol. The second-order valence-corrected chi connectivity index (χ2v) is 8.57. The van der Waals surface area contributed by atoms with Crippen molar-refractivity contribution in [1.82, 2.24) is 10.2 Å². The van der Waals surface area contributed by atoms with Gasteiger partial charge >= 0.3 is 0 Å². The number of nitrogens with zero attached hydrogens (tertiary/aromatic N) is 3. The minimum Gasteiger partial charge on any atom is -0.503 e. The lowest BCUT2D eigenvalue weighted by atomic mass is 9.95. The van der Waals surface area contributed by atoms with Crippen LogP contribution in [0.4, 0.5) is 5.13 Å². The first-order valence-electron chi connectivity index (χ1n) is 9.29. The highest BCUT2D eigenvalue weighted by atomic mass is 35.5. The number of anilines is 1. The summed E-state index contributed by atoms with van der Waals surface area (Å²) >= 11 is 7.22. The van der Waals surface area contributed by atoms with Crippen molar-refractivity contribution >= 4 is 50.7 Å². The van der Waals surface area contributed by atoms with Gasteiger partial charge < -0.3 is 9.52 Å². The highest BCUT2D eigenvalue weighted by molar-refractivity contribution is 7.15. The first kappa shape index (κ1) is 19.5. The largest absolute Gasteiger partial charge is 0.503 e. The fourth-order valence-corrected chi connectivity index (χ4v) is 4.45. The molecule has 31 heavy (non-hydrogen) atoms. The molecule has 1 unspecified atom stereocenters. The van der Waals surface area contributed by atoms with E-state index in [1.54, 1.807) is 49.4 Å².